The predicted molar refractivity (Wildman–Crippen MR) is 99.9 cm³/mol. The molecule has 0 N–H and O–H groups in total. The average molecular weight is 361 g/mol. The van der Waals surface area contributed by atoms with Gasteiger partial charge in [0.05, 0.1) is 17.3 Å². The highest BCUT2D eigenvalue weighted by atomic mass is 16.5. The minimum atomic E-state index is 0.312. The van der Waals surface area contributed by atoms with E-state index in [1.807, 2.05) is 48.1 Å². The maximum Gasteiger partial charge on any atom is 0.229 e. The largest absolute Gasteiger partial charge is 0.356 e. The summed E-state index contributed by atoms with van der Waals surface area (Å²) >= 11 is 0. The maximum atomic E-state index is 5.35. The Hall–Kier alpha value is -3.29. The van der Waals surface area contributed by atoms with Crippen LogP contribution in [-0.2, 0) is 0 Å². The van der Waals surface area contributed by atoms with E-state index in [1.54, 1.807) is 6.33 Å². The fourth-order valence-electron chi connectivity index (χ4n) is 3.66. The van der Waals surface area contributed by atoms with Gasteiger partial charge in [-0.2, -0.15) is 10.1 Å². The Labute approximate surface area is 155 Å². The molecule has 1 aliphatic rings. The van der Waals surface area contributed by atoms with Gasteiger partial charge in [0.25, 0.3) is 0 Å². The van der Waals surface area contributed by atoms with E-state index in [0.717, 1.165) is 54.4 Å². The van der Waals surface area contributed by atoms with Gasteiger partial charge < -0.3 is 9.42 Å². The number of piperidine rings is 1. The molecule has 1 aliphatic heterocycles. The minimum Gasteiger partial charge on any atom is -0.356 e. The van der Waals surface area contributed by atoms with Gasteiger partial charge in [0.1, 0.15) is 12.1 Å². The van der Waals surface area contributed by atoms with E-state index >= 15 is 0 Å². The number of aryl methyl sites for hydroxylation is 1. The molecule has 8 nitrogen and oxygen atoms in total. The van der Waals surface area contributed by atoms with E-state index < -0.39 is 0 Å². The lowest BCUT2D eigenvalue weighted by Gasteiger charge is -2.31. The van der Waals surface area contributed by atoms with Crippen LogP contribution in [-0.4, -0.2) is 43.0 Å². The third kappa shape index (κ3) is 2.83. The Kier molecular flexibility index (Phi) is 3.81. The summed E-state index contributed by atoms with van der Waals surface area (Å²) in [7, 11) is 0. The second-order valence-electron chi connectivity index (χ2n) is 6.77. The van der Waals surface area contributed by atoms with Crippen LogP contribution >= 0.6 is 0 Å². The number of hydrogen-bond donors (Lipinski definition) is 0. The van der Waals surface area contributed by atoms with Crippen LogP contribution in [0.15, 0.2) is 47.4 Å². The van der Waals surface area contributed by atoms with Gasteiger partial charge >= 0.3 is 0 Å². The van der Waals surface area contributed by atoms with Gasteiger partial charge in [-0.1, -0.05) is 23.4 Å². The molecule has 0 amide bonds. The number of nitrogens with zero attached hydrogens (tertiary/aromatic N) is 7. The highest BCUT2D eigenvalue weighted by Gasteiger charge is 2.27. The SMILES string of the molecule is Cc1noc(C2CCN(c3ncnc4c3cnn4-c3ccccc3)CC2)n1. The van der Waals surface area contributed by atoms with Gasteiger partial charge in [-0.15, -0.1) is 0 Å². The molecule has 27 heavy (non-hydrogen) atoms. The zero-order valence-corrected chi connectivity index (χ0v) is 15.0. The molecule has 1 aromatic carbocycles. The van der Waals surface area contributed by atoms with Crippen molar-refractivity contribution in [1.82, 2.24) is 29.9 Å². The molecule has 5 rings (SSSR count). The van der Waals surface area contributed by atoms with Gasteiger partial charge in [0, 0.05) is 19.0 Å². The number of hydrogen-bond acceptors (Lipinski definition) is 7. The fraction of sp³-hybridized carbons (Fsp3) is 0.316. The monoisotopic (exact) mass is 361 g/mol. The number of para-hydroxylation sites is 1. The van der Waals surface area contributed by atoms with Crippen molar-refractivity contribution in [2.75, 3.05) is 18.0 Å². The third-order valence-electron chi connectivity index (χ3n) is 5.03. The molecule has 0 aliphatic carbocycles. The molecule has 0 spiro atoms. The van der Waals surface area contributed by atoms with Crippen molar-refractivity contribution in [3.8, 4) is 5.69 Å². The topological polar surface area (TPSA) is 85.8 Å². The van der Waals surface area contributed by atoms with Crippen LogP contribution in [0.5, 0.6) is 0 Å². The summed E-state index contributed by atoms with van der Waals surface area (Å²) in [6.45, 7) is 3.62. The van der Waals surface area contributed by atoms with E-state index in [9.17, 15) is 0 Å². The number of rotatable bonds is 3. The van der Waals surface area contributed by atoms with Gasteiger partial charge in [0.2, 0.25) is 5.89 Å². The molecule has 3 aromatic heterocycles. The first kappa shape index (κ1) is 15.9. The van der Waals surface area contributed by atoms with Crippen molar-refractivity contribution in [3.63, 3.8) is 0 Å². The smallest absolute Gasteiger partial charge is 0.229 e. The third-order valence-corrected chi connectivity index (χ3v) is 5.03. The zero-order valence-electron chi connectivity index (χ0n) is 15.0. The first-order chi connectivity index (χ1) is 13.3. The van der Waals surface area contributed by atoms with E-state index in [1.165, 1.54) is 0 Å². The van der Waals surface area contributed by atoms with E-state index in [2.05, 4.69) is 30.1 Å². The quantitative estimate of drug-likeness (QED) is 0.554. The summed E-state index contributed by atoms with van der Waals surface area (Å²) in [6.07, 6.45) is 5.39. The highest BCUT2D eigenvalue weighted by Crippen LogP contribution is 2.31. The molecule has 4 aromatic rings. The summed E-state index contributed by atoms with van der Waals surface area (Å²) in [5.41, 5.74) is 1.81. The molecule has 136 valence electrons. The van der Waals surface area contributed by atoms with E-state index in [4.69, 9.17) is 4.52 Å². The molecular weight excluding hydrogens is 342 g/mol. The summed E-state index contributed by atoms with van der Waals surface area (Å²) in [5, 5.41) is 9.42. The Bertz CT molecular complexity index is 1060. The van der Waals surface area contributed by atoms with Crippen LogP contribution in [0.3, 0.4) is 0 Å². The van der Waals surface area contributed by atoms with Crippen LogP contribution < -0.4 is 4.90 Å². The molecule has 0 unspecified atom stereocenters. The summed E-state index contributed by atoms with van der Waals surface area (Å²) in [4.78, 5) is 15.7. The van der Waals surface area contributed by atoms with Gasteiger partial charge in [-0.3, -0.25) is 0 Å². The Morgan fingerprint density at radius 1 is 1.07 bits per heavy atom. The second-order valence-corrected chi connectivity index (χ2v) is 6.77. The number of benzene rings is 1. The number of anilines is 1. The van der Waals surface area contributed by atoms with Crippen LogP contribution in [0.25, 0.3) is 16.7 Å². The summed E-state index contributed by atoms with van der Waals surface area (Å²) in [6, 6.07) is 10.0. The molecule has 4 heterocycles. The predicted octanol–water partition coefficient (Wildman–Crippen LogP) is 2.89. The number of fused-ring (bicyclic) bond motifs is 1. The first-order valence-electron chi connectivity index (χ1n) is 9.09. The molecule has 0 saturated carbocycles. The molecule has 0 radical (unpaired) electrons. The van der Waals surface area contributed by atoms with Crippen molar-refractivity contribution < 1.29 is 4.52 Å². The Balaban J connectivity index is 1.42. The Morgan fingerprint density at radius 3 is 2.63 bits per heavy atom. The normalized spacial score (nSPS) is 15.5. The number of aromatic nitrogens is 6. The van der Waals surface area contributed by atoms with Crippen molar-refractivity contribution in [3.05, 3.63) is 54.6 Å². The Morgan fingerprint density at radius 2 is 1.89 bits per heavy atom. The van der Waals surface area contributed by atoms with Crippen LogP contribution in [0, 0.1) is 6.92 Å². The standard InChI is InChI=1S/C19H19N7O/c1-13-23-19(27-24-13)14-7-9-25(10-8-14)17-16-11-22-26(18(16)21-12-20-17)15-5-3-2-4-6-15/h2-6,11-12,14H,7-10H2,1H3. The van der Waals surface area contributed by atoms with Gasteiger partial charge in [-0.25, -0.2) is 14.6 Å². The van der Waals surface area contributed by atoms with Crippen LogP contribution in [0.4, 0.5) is 5.82 Å². The second kappa shape index (κ2) is 6.46. The van der Waals surface area contributed by atoms with Gasteiger partial charge in [-0.05, 0) is 31.9 Å². The molecular formula is C19H19N7O. The van der Waals surface area contributed by atoms with Crippen molar-refractivity contribution in [2.45, 2.75) is 25.7 Å². The van der Waals surface area contributed by atoms with E-state index in [0.29, 0.717) is 11.7 Å². The van der Waals surface area contributed by atoms with E-state index in [-0.39, 0.29) is 0 Å². The summed E-state index contributed by atoms with van der Waals surface area (Å²) in [5.74, 6) is 2.68. The molecule has 0 atom stereocenters. The first-order valence-corrected chi connectivity index (χ1v) is 9.09. The fourth-order valence-corrected chi connectivity index (χ4v) is 3.66. The lowest BCUT2D eigenvalue weighted by atomic mass is 9.96. The molecule has 0 bridgehead atoms. The minimum absolute atomic E-state index is 0.312. The summed E-state index contributed by atoms with van der Waals surface area (Å²) < 4.78 is 7.20. The van der Waals surface area contributed by atoms with Crippen molar-refractivity contribution in [1.29, 1.82) is 0 Å². The molecule has 8 heteroatoms. The zero-order chi connectivity index (χ0) is 18.2. The van der Waals surface area contributed by atoms with Crippen molar-refractivity contribution in [2.24, 2.45) is 0 Å². The highest BCUT2D eigenvalue weighted by molar-refractivity contribution is 5.87. The van der Waals surface area contributed by atoms with Crippen molar-refractivity contribution >= 4 is 16.9 Å². The average Bonchev–Trinajstić information content (AvgIpc) is 3.35. The van der Waals surface area contributed by atoms with Crippen LogP contribution in [0.1, 0.15) is 30.5 Å². The maximum absolute atomic E-state index is 5.35. The lowest BCUT2D eigenvalue weighted by molar-refractivity contribution is 0.327. The molecule has 1 fully saturated rings. The van der Waals surface area contributed by atoms with Gasteiger partial charge in [0.15, 0.2) is 11.5 Å². The molecule has 1 saturated heterocycles. The lowest BCUT2D eigenvalue weighted by Crippen LogP contribution is -2.33. The van der Waals surface area contributed by atoms with Crippen LogP contribution in [0.2, 0.25) is 0 Å².